The summed E-state index contributed by atoms with van der Waals surface area (Å²) in [5.41, 5.74) is 10.9. The minimum atomic E-state index is 0.972. The zero-order valence-electron chi connectivity index (χ0n) is 29.4. The number of nitrogens with zero attached hydrogens (tertiary/aromatic N) is 2. The summed E-state index contributed by atoms with van der Waals surface area (Å²) >= 11 is 0. The summed E-state index contributed by atoms with van der Waals surface area (Å²) in [4.78, 5) is 10.7. The molecule has 11 aromatic rings. The van der Waals surface area contributed by atoms with Crippen LogP contribution in [0.2, 0.25) is 0 Å². The molecule has 2 nitrogen and oxygen atoms in total. The van der Waals surface area contributed by atoms with E-state index in [1.54, 1.807) is 0 Å². The molecule has 9 aromatic carbocycles. The highest BCUT2D eigenvalue weighted by atomic mass is 14.7. The molecule has 54 heavy (non-hydrogen) atoms. The van der Waals surface area contributed by atoms with Crippen LogP contribution < -0.4 is 0 Å². The molecule has 0 atom stereocenters. The number of para-hydroxylation sites is 1. The molecule has 11 rings (SSSR count). The smallest absolute Gasteiger partial charge is 0.0794 e. The zero-order chi connectivity index (χ0) is 35.6. The molecule has 0 aliphatic carbocycles. The van der Waals surface area contributed by atoms with E-state index in [-0.39, 0.29) is 0 Å². The first-order valence-corrected chi connectivity index (χ1v) is 18.5. The fraction of sp³-hybridized carbons (Fsp3) is 0. The quantitative estimate of drug-likeness (QED) is 0.172. The predicted molar refractivity (Wildman–Crippen MR) is 229 cm³/mol. The van der Waals surface area contributed by atoms with Gasteiger partial charge < -0.3 is 0 Å². The summed E-state index contributed by atoms with van der Waals surface area (Å²) in [5.74, 6) is 0. The molecule has 2 heterocycles. The standard InChI is InChI=1S/C52H32N2/c1-3-17-37-33(13-1)15-11-24-39(37)47-32-50(42-25-12-16-34-14-2-4-18-38(34)42)54-52-45-23-8-6-20-41(45)46(31-48(47)52)35-27-29-36(30-28-35)51-44-22-7-5-19-40(44)43-21-9-10-26-49(43)53-51/h1-32H. The van der Waals surface area contributed by atoms with Crippen LogP contribution in [0.1, 0.15) is 0 Å². The van der Waals surface area contributed by atoms with Gasteiger partial charge in [-0.25, -0.2) is 9.97 Å². The highest BCUT2D eigenvalue weighted by Gasteiger charge is 2.18. The van der Waals surface area contributed by atoms with Gasteiger partial charge in [-0.3, -0.25) is 0 Å². The van der Waals surface area contributed by atoms with Crippen molar-refractivity contribution in [2.45, 2.75) is 0 Å². The van der Waals surface area contributed by atoms with Gasteiger partial charge in [0.15, 0.2) is 0 Å². The van der Waals surface area contributed by atoms with Gasteiger partial charge in [0, 0.05) is 32.7 Å². The number of aromatic nitrogens is 2. The summed E-state index contributed by atoms with van der Waals surface area (Å²) < 4.78 is 0. The summed E-state index contributed by atoms with van der Waals surface area (Å²) in [6, 6.07) is 69.8. The first-order chi connectivity index (χ1) is 26.8. The first-order valence-electron chi connectivity index (χ1n) is 18.5. The van der Waals surface area contributed by atoms with Crippen molar-refractivity contribution in [1.29, 1.82) is 0 Å². The molecule has 0 aliphatic rings. The molecule has 0 aliphatic heterocycles. The Balaban J connectivity index is 1.16. The van der Waals surface area contributed by atoms with E-state index in [0.29, 0.717) is 0 Å². The lowest BCUT2D eigenvalue weighted by atomic mass is 9.89. The molecule has 0 radical (unpaired) electrons. The van der Waals surface area contributed by atoms with Crippen molar-refractivity contribution in [2.24, 2.45) is 0 Å². The van der Waals surface area contributed by atoms with Gasteiger partial charge in [0.1, 0.15) is 0 Å². The second kappa shape index (κ2) is 12.2. The van der Waals surface area contributed by atoms with E-state index in [4.69, 9.17) is 9.97 Å². The Kier molecular flexibility index (Phi) is 6.90. The fourth-order valence-corrected chi connectivity index (χ4v) is 8.49. The van der Waals surface area contributed by atoms with E-state index < -0.39 is 0 Å². The van der Waals surface area contributed by atoms with E-state index in [0.717, 1.165) is 55.3 Å². The molecule has 0 fully saturated rings. The Morgan fingerprint density at radius 1 is 0.278 bits per heavy atom. The normalized spacial score (nSPS) is 11.7. The highest BCUT2D eigenvalue weighted by Crippen LogP contribution is 2.43. The van der Waals surface area contributed by atoms with Crippen LogP contribution in [0.25, 0.3) is 110 Å². The van der Waals surface area contributed by atoms with Crippen molar-refractivity contribution in [3.05, 3.63) is 194 Å². The topological polar surface area (TPSA) is 25.8 Å². The fourth-order valence-electron chi connectivity index (χ4n) is 8.49. The number of hydrogen-bond acceptors (Lipinski definition) is 2. The van der Waals surface area contributed by atoms with Gasteiger partial charge in [0.05, 0.1) is 22.4 Å². The zero-order valence-corrected chi connectivity index (χ0v) is 29.4. The number of fused-ring (bicyclic) bond motifs is 8. The Hall–Kier alpha value is -7.16. The summed E-state index contributed by atoms with van der Waals surface area (Å²) in [5, 5.41) is 11.9. The minimum absolute atomic E-state index is 0.972. The largest absolute Gasteiger partial charge is 0.247 e. The number of hydrogen-bond donors (Lipinski definition) is 0. The minimum Gasteiger partial charge on any atom is -0.247 e. The van der Waals surface area contributed by atoms with Gasteiger partial charge in [-0.15, -0.1) is 0 Å². The van der Waals surface area contributed by atoms with E-state index in [9.17, 15) is 0 Å². The van der Waals surface area contributed by atoms with Gasteiger partial charge in [0.25, 0.3) is 0 Å². The van der Waals surface area contributed by atoms with Gasteiger partial charge in [0.2, 0.25) is 0 Å². The summed E-state index contributed by atoms with van der Waals surface area (Å²) in [6.45, 7) is 0. The van der Waals surface area contributed by atoms with Gasteiger partial charge in [-0.2, -0.15) is 0 Å². The van der Waals surface area contributed by atoms with Crippen molar-refractivity contribution >= 4 is 64.9 Å². The third-order valence-electron chi connectivity index (χ3n) is 11.0. The maximum Gasteiger partial charge on any atom is 0.0794 e. The monoisotopic (exact) mass is 684 g/mol. The summed E-state index contributed by atoms with van der Waals surface area (Å²) in [7, 11) is 0. The molecule has 0 spiro atoms. The van der Waals surface area contributed by atoms with Crippen LogP contribution in [0.4, 0.5) is 0 Å². The van der Waals surface area contributed by atoms with E-state index in [1.807, 2.05) is 0 Å². The van der Waals surface area contributed by atoms with Crippen LogP contribution in [0.3, 0.4) is 0 Å². The molecule has 2 heteroatoms. The Bertz CT molecular complexity index is 3260. The molecule has 0 N–H and O–H groups in total. The van der Waals surface area contributed by atoms with E-state index in [1.165, 1.54) is 54.4 Å². The third-order valence-corrected chi connectivity index (χ3v) is 11.0. The second-order valence-corrected chi connectivity index (χ2v) is 14.1. The SMILES string of the molecule is c1ccc2c(-c3cc(-c4cccc5ccccc45)c4cc(-c5ccc(-c6nc7ccccc7c7ccccc67)cc5)c5ccccc5c4n3)cccc2c1. The Labute approximate surface area is 312 Å². The Morgan fingerprint density at radius 3 is 1.56 bits per heavy atom. The number of rotatable bonds is 4. The molecule has 0 amide bonds. The average Bonchev–Trinajstić information content (AvgIpc) is 3.25. The lowest BCUT2D eigenvalue weighted by Gasteiger charge is -2.17. The first kappa shape index (κ1) is 30.5. The number of pyridine rings is 2. The molecule has 2 aromatic heterocycles. The molecule has 0 unspecified atom stereocenters. The number of benzene rings is 9. The van der Waals surface area contributed by atoms with E-state index in [2.05, 4.69) is 194 Å². The Morgan fingerprint density at radius 2 is 0.815 bits per heavy atom. The van der Waals surface area contributed by atoms with Crippen LogP contribution >= 0.6 is 0 Å². The molecule has 0 saturated heterocycles. The molecular weight excluding hydrogens is 653 g/mol. The van der Waals surface area contributed by atoms with E-state index >= 15 is 0 Å². The van der Waals surface area contributed by atoms with Crippen molar-refractivity contribution in [1.82, 2.24) is 9.97 Å². The maximum atomic E-state index is 5.52. The van der Waals surface area contributed by atoms with Crippen LogP contribution in [-0.4, -0.2) is 9.97 Å². The summed E-state index contributed by atoms with van der Waals surface area (Å²) in [6.07, 6.45) is 0. The average molecular weight is 685 g/mol. The lowest BCUT2D eigenvalue weighted by molar-refractivity contribution is 1.42. The maximum absolute atomic E-state index is 5.52. The van der Waals surface area contributed by atoms with Crippen molar-refractivity contribution in [3.8, 4) is 44.8 Å². The molecule has 250 valence electrons. The third kappa shape index (κ3) is 4.81. The van der Waals surface area contributed by atoms with Crippen molar-refractivity contribution in [3.63, 3.8) is 0 Å². The predicted octanol–water partition coefficient (Wildman–Crippen LogP) is 14.1. The van der Waals surface area contributed by atoms with Gasteiger partial charge in [-0.1, -0.05) is 176 Å². The van der Waals surface area contributed by atoms with Gasteiger partial charge in [-0.05, 0) is 72.8 Å². The lowest BCUT2D eigenvalue weighted by Crippen LogP contribution is -1.94. The van der Waals surface area contributed by atoms with Gasteiger partial charge >= 0.3 is 0 Å². The molecule has 0 bridgehead atoms. The second-order valence-electron chi connectivity index (χ2n) is 14.1. The van der Waals surface area contributed by atoms with Crippen LogP contribution in [-0.2, 0) is 0 Å². The van der Waals surface area contributed by atoms with Crippen LogP contribution in [0.15, 0.2) is 194 Å². The van der Waals surface area contributed by atoms with Crippen molar-refractivity contribution in [2.75, 3.05) is 0 Å². The van der Waals surface area contributed by atoms with Crippen LogP contribution in [0.5, 0.6) is 0 Å². The van der Waals surface area contributed by atoms with Crippen molar-refractivity contribution < 1.29 is 0 Å². The molecule has 0 saturated carbocycles. The highest BCUT2D eigenvalue weighted by molar-refractivity contribution is 6.18. The van der Waals surface area contributed by atoms with Crippen LogP contribution in [0, 0.1) is 0 Å². The molecular formula is C52H32N2.